The molecule has 0 spiro atoms. The van der Waals surface area contributed by atoms with Gasteiger partial charge in [-0.25, -0.2) is 4.57 Å². The Labute approximate surface area is 457 Å². The van der Waals surface area contributed by atoms with Gasteiger partial charge >= 0.3 is 31.7 Å². The third kappa shape index (κ3) is 31.4. The SMILES string of the molecule is CCCCCCCCCCCCCCCC(=O)OC[C@H](COP(=O)(O)OC(CO[C@H]1O[C@H](CO)[C@@H](O)[C@H](O)[C@@H]1OC(C)=O)CO[C@H]1O[C@H](CO)[C@@H](O)[C@H](O)[C@@H]1OC(C)=O)OC(=O)CCCCCCCCCCCCCCC. The van der Waals surface area contributed by atoms with E-state index in [2.05, 4.69) is 13.8 Å². The second-order valence-electron chi connectivity index (χ2n) is 20.5. The van der Waals surface area contributed by atoms with Gasteiger partial charge in [-0.1, -0.05) is 168 Å². The molecule has 23 heteroatoms. The second kappa shape index (κ2) is 42.4. The number of phosphoric ester groups is 1. The number of carbonyl (C=O) groups is 4. The Morgan fingerprint density at radius 2 is 0.831 bits per heavy atom. The van der Waals surface area contributed by atoms with E-state index in [1.807, 2.05) is 0 Å². The summed E-state index contributed by atoms with van der Waals surface area (Å²) >= 11 is 0. The zero-order valence-corrected chi connectivity index (χ0v) is 47.6. The standard InChI is InChI=1S/C54H99O22P/c1-5-7-9-11-13-15-17-19-21-23-25-27-29-31-45(59)67-35-41(73-46(60)32-30-28-26-24-22-20-18-16-14-12-10-8-6-2)38-70-77(65,66)76-42(36-68-53-51(71-39(3)57)49(63)47(61)43(33-55)74-53)37-69-54-52(72-40(4)58)50(64)48(62)44(34-56)75-54/h41-44,47-56,61-64H,5-38H2,1-4H3,(H,65,66)/t41-,43-,44-,47-,48-,49+,50+,51+,52+,53+,54+/m1/s1. The highest BCUT2D eigenvalue weighted by Gasteiger charge is 2.49. The van der Waals surface area contributed by atoms with Gasteiger partial charge in [0.25, 0.3) is 0 Å². The van der Waals surface area contributed by atoms with Crippen LogP contribution in [0.1, 0.15) is 207 Å². The van der Waals surface area contributed by atoms with Crippen LogP contribution in [0, 0.1) is 0 Å². The van der Waals surface area contributed by atoms with Gasteiger partial charge in [-0.3, -0.25) is 28.2 Å². The fraction of sp³-hybridized carbons (Fsp3) is 0.926. The van der Waals surface area contributed by atoms with Gasteiger partial charge in [-0.05, 0) is 12.8 Å². The maximum absolute atomic E-state index is 13.8. The molecule has 0 aliphatic carbocycles. The summed E-state index contributed by atoms with van der Waals surface area (Å²) in [6, 6.07) is 0. The van der Waals surface area contributed by atoms with Gasteiger partial charge in [0, 0.05) is 26.7 Å². The van der Waals surface area contributed by atoms with E-state index in [4.69, 9.17) is 46.9 Å². The molecule has 2 aliphatic heterocycles. The van der Waals surface area contributed by atoms with Crippen molar-refractivity contribution in [2.75, 3.05) is 39.6 Å². The molecule has 2 fully saturated rings. The van der Waals surface area contributed by atoms with Crippen LogP contribution in [0.15, 0.2) is 0 Å². The predicted molar refractivity (Wildman–Crippen MR) is 281 cm³/mol. The zero-order chi connectivity index (χ0) is 56.9. The largest absolute Gasteiger partial charge is 0.472 e. The van der Waals surface area contributed by atoms with Crippen molar-refractivity contribution in [3.63, 3.8) is 0 Å². The van der Waals surface area contributed by atoms with Gasteiger partial charge in [0.15, 0.2) is 30.9 Å². The van der Waals surface area contributed by atoms with Crippen LogP contribution in [0.4, 0.5) is 0 Å². The molecule has 0 radical (unpaired) electrons. The summed E-state index contributed by atoms with van der Waals surface area (Å²) in [4.78, 5) is 61.1. The van der Waals surface area contributed by atoms with E-state index in [0.717, 1.165) is 65.2 Å². The minimum absolute atomic E-state index is 0.0338. The molecular formula is C54H99O22P. The van der Waals surface area contributed by atoms with Crippen LogP contribution in [-0.4, -0.2) is 173 Å². The highest BCUT2D eigenvalue weighted by atomic mass is 31.2. The lowest BCUT2D eigenvalue weighted by Crippen LogP contribution is -2.61. The van der Waals surface area contributed by atoms with Gasteiger partial charge in [0.2, 0.25) is 0 Å². The van der Waals surface area contributed by atoms with E-state index in [1.165, 1.54) is 103 Å². The third-order valence-corrected chi connectivity index (χ3v) is 14.6. The number of hydrogen-bond donors (Lipinski definition) is 7. The lowest BCUT2D eigenvalue weighted by atomic mass is 9.99. The maximum Gasteiger partial charge on any atom is 0.472 e. The molecule has 2 aliphatic rings. The number of rotatable bonds is 46. The molecule has 2 rings (SSSR count). The fourth-order valence-corrected chi connectivity index (χ4v) is 10.0. The van der Waals surface area contributed by atoms with E-state index in [1.54, 1.807) is 0 Å². The van der Waals surface area contributed by atoms with Gasteiger partial charge in [-0.2, -0.15) is 0 Å². The highest BCUT2D eigenvalue weighted by molar-refractivity contribution is 7.47. The smallest absolute Gasteiger partial charge is 0.462 e. The summed E-state index contributed by atoms with van der Waals surface area (Å²) < 4.78 is 68.5. The number of ether oxygens (including phenoxy) is 8. The number of unbranched alkanes of at least 4 members (excludes halogenated alkanes) is 24. The molecule has 77 heavy (non-hydrogen) atoms. The Hall–Kier alpha value is -2.41. The van der Waals surface area contributed by atoms with Crippen molar-refractivity contribution in [1.29, 1.82) is 0 Å². The van der Waals surface area contributed by atoms with E-state index >= 15 is 0 Å². The molecular weight excluding hydrogens is 1030 g/mol. The molecule has 22 nitrogen and oxygen atoms in total. The van der Waals surface area contributed by atoms with Crippen molar-refractivity contribution in [2.24, 2.45) is 0 Å². The van der Waals surface area contributed by atoms with Crippen LogP contribution in [0.25, 0.3) is 0 Å². The zero-order valence-electron chi connectivity index (χ0n) is 46.7. The number of aliphatic hydroxyl groups excluding tert-OH is 6. The summed E-state index contributed by atoms with van der Waals surface area (Å²) in [5.41, 5.74) is 0. The predicted octanol–water partition coefficient (Wildman–Crippen LogP) is 6.68. The maximum atomic E-state index is 13.8. The Morgan fingerprint density at radius 1 is 0.481 bits per heavy atom. The molecule has 0 saturated carbocycles. The van der Waals surface area contributed by atoms with Crippen LogP contribution in [-0.2, 0) is 70.7 Å². The van der Waals surface area contributed by atoms with Crippen LogP contribution in [0.2, 0.25) is 0 Å². The number of hydrogen-bond acceptors (Lipinski definition) is 21. The molecule has 1 unspecified atom stereocenters. The first kappa shape index (κ1) is 70.7. The van der Waals surface area contributed by atoms with E-state index in [9.17, 15) is 59.3 Å². The average molecular weight is 1130 g/mol. The Bertz CT molecular complexity index is 1560. The van der Waals surface area contributed by atoms with E-state index in [-0.39, 0.29) is 12.8 Å². The second-order valence-corrected chi connectivity index (χ2v) is 21.9. The minimum Gasteiger partial charge on any atom is -0.462 e. The number of carbonyl (C=O) groups excluding carboxylic acids is 4. The summed E-state index contributed by atoms with van der Waals surface area (Å²) in [6.45, 7) is 1.84. The summed E-state index contributed by atoms with van der Waals surface area (Å²) in [6.07, 6.45) is 9.30. The minimum atomic E-state index is -5.29. The molecule has 452 valence electrons. The van der Waals surface area contributed by atoms with Crippen LogP contribution >= 0.6 is 7.82 Å². The summed E-state index contributed by atoms with van der Waals surface area (Å²) in [7, 11) is -5.29. The molecule has 0 aromatic rings. The number of phosphoric acid groups is 1. The number of esters is 4. The summed E-state index contributed by atoms with van der Waals surface area (Å²) in [5.74, 6) is -3.03. The Morgan fingerprint density at radius 3 is 1.18 bits per heavy atom. The topological polar surface area (TPSA) is 319 Å². The molecule has 0 bridgehead atoms. The van der Waals surface area contributed by atoms with Gasteiger partial charge in [-0.15, -0.1) is 0 Å². The van der Waals surface area contributed by atoms with Crippen molar-refractivity contribution in [2.45, 2.75) is 281 Å². The van der Waals surface area contributed by atoms with Gasteiger partial charge in [0.05, 0.1) is 33.0 Å². The van der Waals surface area contributed by atoms with Crippen LogP contribution in [0.5, 0.6) is 0 Å². The quantitative estimate of drug-likeness (QED) is 0.0145. The van der Waals surface area contributed by atoms with Crippen molar-refractivity contribution >= 4 is 31.7 Å². The molecule has 0 amide bonds. The highest BCUT2D eigenvalue weighted by Crippen LogP contribution is 2.45. The Balaban J connectivity index is 2.14. The van der Waals surface area contributed by atoms with Crippen molar-refractivity contribution in [1.82, 2.24) is 0 Å². The molecule has 12 atom stereocenters. The van der Waals surface area contributed by atoms with E-state index < -0.39 is 145 Å². The third-order valence-electron chi connectivity index (χ3n) is 13.5. The fourth-order valence-electron chi connectivity index (χ4n) is 9.12. The van der Waals surface area contributed by atoms with Gasteiger partial charge in [0.1, 0.15) is 49.3 Å². The summed E-state index contributed by atoms with van der Waals surface area (Å²) in [5, 5.41) is 62.0. The molecule has 0 aromatic heterocycles. The van der Waals surface area contributed by atoms with Crippen molar-refractivity contribution < 1.29 is 106 Å². The van der Waals surface area contributed by atoms with Crippen LogP contribution in [0.3, 0.4) is 0 Å². The number of aliphatic hydroxyl groups is 6. The van der Waals surface area contributed by atoms with Crippen molar-refractivity contribution in [3.05, 3.63) is 0 Å². The molecule has 7 N–H and O–H groups in total. The first-order valence-corrected chi connectivity index (χ1v) is 30.3. The van der Waals surface area contributed by atoms with Crippen molar-refractivity contribution in [3.8, 4) is 0 Å². The first-order valence-electron chi connectivity index (χ1n) is 28.8. The normalized spacial score (nSPS) is 24.8. The first-order chi connectivity index (χ1) is 37.0. The monoisotopic (exact) mass is 1130 g/mol. The average Bonchev–Trinajstić information content (AvgIpc) is 3.39. The Kier molecular flexibility index (Phi) is 39.0. The van der Waals surface area contributed by atoms with Gasteiger partial charge < -0.3 is 73.4 Å². The van der Waals surface area contributed by atoms with Crippen LogP contribution < -0.4 is 0 Å². The van der Waals surface area contributed by atoms with E-state index in [0.29, 0.717) is 12.8 Å². The molecule has 2 heterocycles. The molecule has 2 saturated heterocycles. The molecule has 0 aromatic carbocycles. The lowest BCUT2D eigenvalue weighted by molar-refractivity contribution is -0.316. The lowest BCUT2D eigenvalue weighted by Gasteiger charge is -2.42.